The van der Waals surface area contributed by atoms with Gasteiger partial charge in [0.1, 0.15) is 12.3 Å². The summed E-state index contributed by atoms with van der Waals surface area (Å²) in [6.45, 7) is 3.18. The van der Waals surface area contributed by atoms with Crippen LogP contribution in [0.2, 0.25) is 0 Å². The van der Waals surface area contributed by atoms with Crippen molar-refractivity contribution in [2.75, 3.05) is 13.2 Å². The monoisotopic (exact) mass is 370 g/mol. The van der Waals surface area contributed by atoms with E-state index in [1.807, 2.05) is 6.92 Å². The van der Waals surface area contributed by atoms with Gasteiger partial charge in [-0.25, -0.2) is 8.42 Å². The maximum atomic E-state index is 12.1. The summed E-state index contributed by atoms with van der Waals surface area (Å²) < 4.78 is 36.6. The molecule has 1 atom stereocenters. The van der Waals surface area contributed by atoms with Gasteiger partial charge in [0.05, 0.1) is 11.5 Å². The lowest BCUT2D eigenvalue weighted by Gasteiger charge is -2.13. The third kappa shape index (κ3) is 6.02. The van der Waals surface area contributed by atoms with Gasteiger partial charge in [0.2, 0.25) is 10.0 Å². The zero-order chi connectivity index (χ0) is 18.4. The van der Waals surface area contributed by atoms with Crippen LogP contribution >= 0.6 is 0 Å². The molecular weight excluding hydrogens is 348 g/mol. The van der Waals surface area contributed by atoms with Crippen LogP contribution in [0.5, 0.6) is 5.75 Å². The highest BCUT2D eigenvalue weighted by molar-refractivity contribution is 7.89. The van der Waals surface area contributed by atoms with Crippen LogP contribution in [0.15, 0.2) is 29.2 Å². The number of benzene rings is 1. The van der Waals surface area contributed by atoms with Gasteiger partial charge in [-0.15, -0.1) is 0 Å². The predicted octanol–water partition coefficient (Wildman–Crippen LogP) is 0.574. The van der Waals surface area contributed by atoms with Crippen molar-refractivity contribution in [2.45, 2.75) is 43.7 Å². The van der Waals surface area contributed by atoms with Gasteiger partial charge in [-0.1, -0.05) is 0 Å². The molecule has 0 aromatic heterocycles. The molecule has 1 aliphatic carbocycles. The van der Waals surface area contributed by atoms with Gasteiger partial charge in [0.25, 0.3) is 5.91 Å². The average molecular weight is 370 g/mol. The Morgan fingerprint density at radius 2 is 1.88 bits per heavy atom. The van der Waals surface area contributed by atoms with Crippen molar-refractivity contribution in [3.05, 3.63) is 24.3 Å². The Labute approximate surface area is 146 Å². The number of sulfonamides is 1. The first-order chi connectivity index (χ1) is 11.8. The summed E-state index contributed by atoms with van der Waals surface area (Å²) in [6.07, 6.45) is 0.880. The van der Waals surface area contributed by atoms with E-state index in [1.165, 1.54) is 31.2 Å². The smallest absolute Gasteiger partial charge is 0.321 e. The largest absolute Gasteiger partial charge is 0.494 e. The lowest BCUT2D eigenvalue weighted by atomic mass is 10.3. The molecule has 2 rings (SSSR count). The molecule has 1 saturated carbocycles. The van der Waals surface area contributed by atoms with Crippen LogP contribution < -0.4 is 14.8 Å². The van der Waals surface area contributed by atoms with E-state index in [4.69, 9.17) is 9.47 Å². The first-order valence-corrected chi connectivity index (χ1v) is 9.52. The number of carbonyl (C=O) groups is 2. The highest BCUT2D eigenvalue weighted by Gasteiger charge is 2.27. The molecule has 0 aliphatic heterocycles. The molecule has 0 bridgehead atoms. The van der Waals surface area contributed by atoms with Crippen molar-refractivity contribution in [3.63, 3.8) is 0 Å². The molecule has 1 aromatic carbocycles. The zero-order valence-corrected chi connectivity index (χ0v) is 15.0. The van der Waals surface area contributed by atoms with E-state index in [1.54, 1.807) is 0 Å². The molecular formula is C16H22N2O6S. The highest BCUT2D eigenvalue weighted by Crippen LogP contribution is 2.19. The number of carbonyl (C=O) groups excluding carboxylic acids is 2. The lowest BCUT2D eigenvalue weighted by Crippen LogP contribution is -2.39. The molecule has 1 aromatic rings. The summed E-state index contributed by atoms with van der Waals surface area (Å²) in [6, 6.07) is 5.97. The van der Waals surface area contributed by atoms with E-state index < -0.39 is 28.6 Å². The number of rotatable bonds is 9. The van der Waals surface area contributed by atoms with Crippen LogP contribution in [-0.2, 0) is 24.3 Å². The van der Waals surface area contributed by atoms with Crippen LogP contribution in [0.25, 0.3) is 0 Å². The fourth-order valence-corrected chi connectivity index (χ4v) is 2.93. The molecule has 1 amide bonds. The van der Waals surface area contributed by atoms with Crippen LogP contribution in [0.3, 0.4) is 0 Å². The van der Waals surface area contributed by atoms with Crippen molar-refractivity contribution in [1.82, 2.24) is 10.0 Å². The van der Waals surface area contributed by atoms with E-state index in [-0.39, 0.29) is 16.8 Å². The Balaban J connectivity index is 1.83. The minimum absolute atomic E-state index is 0.00304. The van der Waals surface area contributed by atoms with Crippen LogP contribution in [0.1, 0.15) is 26.7 Å². The molecule has 1 fully saturated rings. The van der Waals surface area contributed by atoms with E-state index in [2.05, 4.69) is 10.0 Å². The maximum absolute atomic E-state index is 12.1. The molecule has 1 aliphatic rings. The van der Waals surface area contributed by atoms with Crippen molar-refractivity contribution >= 4 is 21.9 Å². The van der Waals surface area contributed by atoms with Crippen molar-refractivity contribution < 1.29 is 27.5 Å². The lowest BCUT2D eigenvalue weighted by molar-refractivity contribution is -0.153. The fraction of sp³-hybridized carbons (Fsp3) is 0.500. The minimum Gasteiger partial charge on any atom is -0.494 e. The first kappa shape index (κ1) is 19.2. The number of hydrogen-bond acceptors (Lipinski definition) is 6. The van der Waals surface area contributed by atoms with Crippen molar-refractivity contribution in [2.24, 2.45) is 0 Å². The van der Waals surface area contributed by atoms with Crippen LogP contribution in [0, 0.1) is 0 Å². The summed E-state index contributed by atoms with van der Waals surface area (Å²) in [5.74, 6) is -0.658. The van der Waals surface area contributed by atoms with E-state index in [0.717, 1.165) is 12.8 Å². The topological polar surface area (TPSA) is 111 Å². The second-order valence-electron chi connectivity index (χ2n) is 5.64. The summed E-state index contributed by atoms with van der Waals surface area (Å²) in [4.78, 5) is 23.4. The molecule has 25 heavy (non-hydrogen) atoms. The normalized spacial score (nSPS) is 15.3. The van der Waals surface area contributed by atoms with Gasteiger partial charge in [0.15, 0.2) is 6.10 Å². The second-order valence-corrected chi connectivity index (χ2v) is 7.41. The van der Waals surface area contributed by atoms with E-state index in [0.29, 0.717) is 12.4 Å². The Bertz CT molecular complexity index is 713. The average Bonchev–Trinajstić information content (AvgIpc) is 3.38. The minimum atomic E-state index is -3.86. The van der Waals surface area contributed by atoms with Crippen molar-refractivity contribution in [1.29, 1.82) is 0 Å². The number of ether oxygens (including phenoxy) is 2. The third-order valence-electron chi connectivity index (χ3n) is 3.45. The molecule has 8 nitrogen and oxygen atoms in total. The summed E-state index contributed by atoms with van der Waals surface area (Å²) in [5.41, 5.74) is 0. The second kappa shape index (κ2) is 8.30. The fourth-order valence-electron chi connectivity index (χ4n) is 1.96. The number of nitrogens with one attached hydrogen (secondary N) is 2. The number of amides is 1. The zero-order valence-electron chi connectivity index (χ0n) is 14.2. The first-order valence-electron chi connectivity index (χ1n) is 8.04. The van der Waals surface area contributed by atoms with Gasteiger partial charge in [-0.05, 0) is 51.0 Å². The SMILES string of the molecule is CCOc1ccc(S(=O)(=O)NCC(=O)O[C@H](C)C(=O)NC2CC2)cc1. The van der Waals surface area contributed by atoms with E-state index >= 15 is 0 Å². The summed E-state index contributed by atoms with van der Waals surface area (Å²) in [7, 11) is -3.86. The van der Waals surface area contributed by atoms with Gasteiger partial charge in [-0.3, -0.25) is 9.59 Å². The molecule has 0 saturated heterocycles. The van der Waals surface area contributed by atoms with E-state index in [9.17, 15) is 18.0 Å². The highest BCUT2D eigenvalue weighted by atomic mass is 32.2. The van der Waals surface area contributed by atoms with Gasteiger partial charge < -0.3 is 14.8 Å². The molecule has 0 heterocycles. The molecule has 0 spiro atoms. The molecule has 0 unspecified atom stereocenters. The third-order valence-corrected chi connectivity index (χ3v) is 4.87. The quantitative estimate of drug-likeness (QED) is 0.615. The summed E-state index contributed by atoms with van der Waals surface area (Å²) in [5, 5.41) is 2.71. The van der Waals surface area contributed by atoms with Crippen LogP contribution in [0.4, 0.5) is 0 Å². The van der Waals surface area contributed by atoms with Crippen LogP contribution in [-0.4, -0.2) is 45.6 Å². The molecule has 2 N–H and O–H groups in total. The molecule has 138 valence electrons. The molecule has 9 heteroatoms. The van der Waals surface area contributed by atoms with Crippen molar-refractivity contribution in [3.8, 4) is 5.75 Å². The number of esters is 1. The Hall–Kier alpha value is -2.13. The summed E-state index contributed by atoms with van der Waals surface area (Å²) >= 11 is 0. The Kier molecular flexibility index (Phi) is 6.38. The molecule has 0 radical (unpaired) electrons. The Morgan fingerprint density at radius 3 is 2.44 bits per heavy atom. The van der Waals surface area contributed by atoms with Gasteiger partial charge in [-0.2, -0.15) is 4.72 Å². The Morgan fingerprint density at radius 1 is 1.24 bits per heavy atom. The van der Waals surface area contributed by atoms with Gasteiger partial charge in [0, 0.05) is 6.04 Å². The maximum Gasteiger partial charge on any atom is 0.321 e. The predicted molar refractivity (Wildman–Crippen MR) is 89.5 cm³/mol. The number of hydrogen-bond donors (Lipinski definition) is 2. The van der Waals surface area contributed by atoms with Gasteiger partial charge >= 0.3 is 5.97 Å². The standard InChI is InChI=1S/C16H22N2O6S/c1-3-23-13-6-8-14(9-7-13)25(21,22)17-10-15(19)24-11(2)16(20)18-12-4-5-12/h6-9,11-12,17H,3-5,10H2,1-2H3,(H,18,20)/t11-/m1/s1.